The quantitative estimate of drug-likeness (QED) is 0.849. The van der Waals surface area contributed by atoms with Crippen molar-refractivity contribution in [3.63, 3.8) is 0 Å². The Morgan fingerprint density at radius 2 is 2.22 bits per heavy atom. The third-order valence-corrected chi connectivity index (χ3v) is 4.26. The number of carbonyl (C=O) groups is 1. The van der Waals surface area contributed by atoms with E-state index in [1.165, 1.54) is 0 Å². The zero-order valence-corrected chi connectivity index (χ0v) is 15.3. The van der Waals surface area contributed by atoms with E-state index < -0.39 is 5.60 Å². The molecule has 0 aliphatic rings. The number of nitrogens with one attached hydrogen (secondary N) is 2. The van der Waals surface area contributed by atoms with Crippen LogP contribution in [0.3, 0.4) is 0 Å². The molecule has 23 heavy (non-hydrogen) atoms. The van der Waals surface area contributed by atoms with E-state index in [2.05, 4.69) is 26.9 Å². The molecule has 0 aromatic carbocycles. The monoisotopic (exact) mass is 338 g/mol. The number of amides is 1. The van der Waals surface area contributed by atoms with Crippen molar-refractivity contribution in [3.8, 4) is 0 Å². The van der Waals surface area contributed by atoms with Crippen LogP contribution in [0.4, 0.5) is 4.79 Å². The lowest BCUT2D eigenvalue weighted by Crippen LogP contribution is -2.42. The van der Waals surface area contributed by atoms with Crippen molar-refractivity contribution in [2.24, 2.45) is 0 Å². The largest absolute Gasteiger partial charge is 0.444 e. The Kier molecular flexibility index (Phi) is 5.64. The highest BCUT2D eigenvalue weighted by Crippen LogP contribution is 2.16. The van der Waals surface area contributed by atoms with Gasteiger partial charge in [-0.2, -0.15) is 0 Å². The van der Waals surface area contributed by atoms with Gasteiger partial charge in [0.25, 0.3) is 0 Å². The molecule has 6 nitrogen and oxygen atoms in total. The van der Waals surface area contributed by atoms with Gasteiger partial charge in [-0.05, 0) is 34.1 Å². The van der Waals surface area contributed by atoms with Crippen molar-refractivity contribution >= 4 is 22.4 Å². The van der Waals surface area contributed by atoms with Crippen LogP contribution >= 0.6 is 11.3 Å². The van der Waals surface area contributed by atoms with E-state index in [0.717, 1.165) is 29.3 Å². The number of thiazole rings is 1. The summed E-state index contributed by atoms with van der Waals surface area (Å²) >= 11 is 1.63. The molecule has 0 fully saturated rings. The number of carbonyl (C=O) groups excluding carboxylic acids is 1. The minimum atomic E-state index is -0.474. The van der Waals surface area contributed by atoms with Gasteiger partial charge in [0.1, 0.15) is 5.60 Å². The summed E-state index contributed by atoms with van der Waals surface area (Å²) in [6, 6.07) is 0.186. The Balaban J connectivity index is 1.86. The Morgan fingerprint density at radius 3 is 2.87 bits per heavy atom. The Bertz CT molecular complexity index is 657. The van der Waals surface area contributed by atoms with E-state index in [1.54, 1.807) is 11.3 Å². The molecule has 0 saturated heterocycles. The number of alkyl carbamates (subject to hydrolysis) is 1. The number of ether oxygens (including phenoxy) is 1. The standard InChI is InChI=1S/C16H26N4O2S/c1-6-12(9-18-15(21)22-16(3,4)5)17-10-13-11(2)19-14-20(13)7-8-23-14/h7-8,12,17H,6,9-10H2,1-5H3,(H,18,21). The zero-order valence-electron chi connectivity index (χ0n) is 14.5. The number of fused-ring (bicyclic) bond motifs is 1. The lowest BCUT2D eigenvalue weighted by molar-refractivity contribution is 0.0522. The summed E-state index contributed by atoms with van der Waals surface area (Å²) in [4.78, 5) is 17.3. The van der Waals surface area contributed by atoms with Crippen LogP contribution in [0.2, 0.25) is 0 Å². The molecule has 2 heterocycles. The summed E-state index contributed by atoms with van der Waals surface area (Å²) in [7, 11) is 0. The van der Waals surface area contributed by atoms with E-state index in [-0.39, 0.29) is 12.1 Å². The van der Waals surface area contributed by atoms with E-state index in [4.69, 9.17) is 4.74 Å². The van der Waals surface area contributed by atoms with Crippen LogP contribution in [-0.4, -0.2) is 33.7 Å². The predicted octanol–water partition coefficient (Wildman–Crippen LogP) is 3.10. The fourth-order valence-corrected chi connectivity index (χ4v) is 3.05. The van der Waals surface area contributed by atoms with Gasteiger partial charge in [0, 0.05) is 30.7 Å². The number of nitrogens with zero attached hydrogens (tertiary/aromatic N) is 2. The highest BCUT2D eigenvalue weighted by molar-refractivity contribution is 7.15. The third-order valence-electron chi connectivity index (χ3n) is 3.50. The summed E-state index contributed by atoms with van der Waals surface area (Å²) in [6.45, 7) is 11.0. The molecular formula is C16H26N4O2S. The molecule has 2 aromatic rings. The second kappa shape index (κ2) is 7.31. The van der Waals surface area contributed by atoms with Crippen LogP contribution in [0.15, 0.2) is 11.6 Å². The molecule has 128 valence electrons. The van der Waals surface area contributed by atoms with E-state index in [1.807, 2.05) is 39.3 Å². The first-order valence-electron chi connectivity index (χ1n) is 7.91. The second-order valence-electron chi connectivity index (χ2n) is 6.57. The number of aryl methyl sites for hydroxylation is 1. The number of hydrogen-bond donors (Lipinski definition) is 2. The number of aromatic nitrogens is 2. The summed E-state index contributed by atoms with van der Waals surface area (Å²) in [5.74, 6) is 0. The number of imidazole rings is 1. The second-order valence-corrected chi connectivity index (χ2v) is 7.44. The normalized spacial score (nSPS) is 13.3. The molecule has 2 aromatic heterocycles. The van der Waals surface area contributed by atoms with Crippen LogP contribution in [0.5, 0.6) is 0 Å². The molecule has 0 aliphatic heterocycles. The SMILES string of the molecule is CCC(CNC(=O)OC(C)(C)C)NCc1c(C)nc2sccn12. The molecule has 0 saturated carbocycles. The fourth-order valence-electron chi connectivity index (χ4n) is 2.28. The van der Waals surface area contributed by atoms with Crippen molar-refractivity contribution < 1.29 is 9.53 Å². The van der Waals surface area contributed by atoms with E-state index in [9.17, 15) is 4.79 Å². The highest BCUT2D eigenvalue weighted by Gasteiger charge is 2.17. The molecule has 0 aliphatic carbocycles. The van der Waals surface area contributed by atoms with Crippen LogP contribution in [-0.2, 0) is 11.3 Å². The third kappa shape index (κ3) is 4.94. The molecule has 2 rings (SSSR count). The van der Waals surface area contributed by atoms with Crippen molar-refractivity contribution in [2.45, 2.75) is 59.2 Å². The van der Waals surface area contributed by atoms with Crippen LogP contribution in [0.1, 0.15) is 45.5 Å². The van der Waals surface area contributed by atoms with Gasteiger partial charge in [-0.15, -0.1) is 11.3 Å². The van der Waals surface area contributed by atoms with Crippen molar-refractivity contribution in [2.75, 3.05) is 6.54 Å². The Hall–Kier alpha value is -1.60. The van der Waals surface area contributed by atoms with Gasteiger partial charge in [0.2, 0.25) is 0 Å². The van der Waals surface area contributed by atoms with Gasteiger partial charge in [-0.25, -0.2) is 9.78 Å². The lowest BCUT2D eigenvalue weighted by Gasteiger charge is -2.22. The van der Waals surface area contributed by atoms with Gasteiger partial charge in [-0.3, -0.25) is 4.40 Å². The molecule has 7 heteroatoms. The lowest BCUT2D eigenvalue weighted by atomic mass is 10.2. The first-order chi connectivity index (χ1) is 10.8. The summed E-state index contributed by atoms with van der Waals surface area (Å²) in [6.07, 6.45) is 2.58. The van der Waals surface area contributed by atoms with Gasteiger partial charge >= 0.3 is 6.09 Å². The topological polar surface area (TPSA) is 67.7 Å². The van der Waals surface area contributed by atoms with Crippen LogP contribution < -0.4 is 10.6 Å². The molecule has 0 spiro atoms. The average molecular weight is 338 g/mol. The van der Waals surface area contributed by atoms with Gasteiger partial charge in [0.05, 0.1) is 11.4 Å². The molecule has 2 N–H and O–H groups in total. The molecule has 1 amide bonds. The highest BCUT2D eigenvalue weighted by atomic mass is 32.1. The Labute approximate surface area is 141 Å². The maximum absolute atomic E-state index is 11.7. The Morgan fingerprint density at radius 1 is 1.48 bits per heavy atom. The summed E-state index contributed by atoms with van der Waals surface area (Å²) < 4.78 is 7.37. The van der Waals surface area contributed by atoms with Crippen LogP contribution in [0, 0.1) is 6.92 Å². The average Bonchev–Trinajstić information content (AvgIpc) is 2.98. The van der Waals surface area contributed by atoms with Crippen molar-refractivity contribution in [3.05, 3.63) is 23.0 Å². The maximum atomic E-state index is 11.7. The minimum Gasteiger partial charge on any atom is -0.444 e. The van der Waals surface area contributed by atoms with Crippen LogP contribution in [0.25, 0.3) is 4.96 Å². The van der Waals surface area contributed by atoms with E-state index >= 15 is 0 Å². The molecular weight excluding hydrogens is 312 g/mol. The smallest absolute Gasteiger partial charge is 0.407 e. The fraction of sp³-hybridized carbons (Fsp3) is 0.625. The first-order valence-corrected chi connectivity index (χ1v) is 8.79. The summed E-state index contributed by atoms with van der Waals surface area (Å²) in [5.41, 5.74) is 1.73. The maximum Gasteiger partial charge on any atom is 0.407 e. The number of rotatable bonds is 6. The van der Waals surface area contributed by atoms with Gasteiger partial charge in [-0.1, -0.05) is 6.92 Å². The molecule has 0 radical (unpaired) electrons. The van der Waals surface area contributed by atoms with E-state index in [0.29, 0.717) is 6.54 Å². The van der Waals surface area contributed by atoms with Crippen molar-refractivity contribution in [1.82, 2.24) is 20.0 Å². The zero-order chi connectivity index (χ0) is 17.0. The van der Waals surface area contributed by atoms with Crippen molar-refractivity contribution in [1.29, 1.82) is 0 Å². The minimum absolute atomic E-state index is 0.186. The first kappa shape index (κ1) is 17.7. The molecule has 1 atom stereocenters. The molecule has 0 bridgehead atoms. The predicted molar refractivity (Wildman–Crippen MR) is 93.0 cm³/mol. The number of hydrogen-bond acceptors (Lipinski definition) is 5. The summed E-state index contributed by atoms with van der Waals surface area (Å²) in [5, 5.41) is 8.34. The van der Waals surface area contributed by atoms with Gasteiger partial charge in [0.15, 0.2) is 4.96 Å². The molecule has 1 unspecified atom stereocenters. The van der Waals surface area contributed by atoms with Gasteiger partial charge < -0.3 is 15.4 Å².